The van der Waals surface area contributed by atoms with Crippen LogP contribution in [0.15, 0.2) is 96.6 Å². The van der Waals surface area contributed by atoms with E-state index in [1.165, 1.54) is 88.6 Å². The number of halogens is 2. The van der Waals surface area contributed by atoms with E-state index in [2.05, 4.69) is 214 Å². The Morgan fingerprint density at radius 2 is 0.964 bits per heavy atom. The fourth-order valence-electron chi connectivity index (χ4n) is 6.48. The summed E-state index contributed by atoms with van der Waals surface area (Å²) in [5, 5.41) is 0. The molecule has 2 aliphatic carbocycles. The Hall–Kier alpha value is -2.31. The molecule has 3 heteroatoms. The van der Waals surface area contributed by atoms with Crippen LogP contribution < -0.4 is 24.8 Å². The summed E-state index contributed by atoms with van der Waals surface area (Å²) < 4.78 is 1.42. The van der Waals surface area contributed by atoms with Crippen molar-refractivity contribution in [1.29, 1.82) is 0 Å². The fourth-order valence-corrected chi connectivity index (χ4v) is 7.30. The summed E-state index contributed by atoms with van der Waals surface area (Å²) >= 11 is 1.46. The molecule has 1 unspecified atom stereocenters. The Kier molecular flexibility index (Phi) is 16.4. The molecule has 0 spiro atoms. The van der Waals surface area contributed by atoms with Gasteiger partial charge in [0.15, 0.2) is 0 Å². The standard InChI is InChI=1S/C21H25.C21H26.C10H15.2ClH.Zr/c1-20(2,3)16-9-7-14-11-15-8-10-17(21(4,5)6)13-19(15)18(14)12-16;1-20(2,3)18-11-7-16(8-12-18)15-17-9-13-19(14-10-17)21(4,5)6;1-8-5-6-9(7-8)10(2,3)4;;;/h7,9-10,12-13H,11H2,1-6H3;7-14H,1-6H3;6-8H,1-4H3;2*1H;/q-1;;-1;;;+2/p-2. The quantitative estimate of drug-likeness (QED) is 0.158. The van der Waals surface area contributed by atoms with Crippen LogP contribution in [0.1, 0.15) is 155 Å². The van der Waals surface area contributed by atoms with E-state index in [0.29, 0.717) is 11.3 Å². The number of rotatable bonds is 2. The monoisotopic (exact) mass is 850 g/mol. The summed E-state index contributed by atoms with van der Waals surface area (Å²) in [4.78, 5) is 0. The van der Waals surface area contributed by atoms with Gasteiger partial charge in [0.25, 0.3) is 0 Å². The van der Waals surface area contributed by atoms with Crippen molar-refractivity contribution < 1.29 is 49.0 Å². The van der Waals surface area contributed by atoms with Gasteiger partial charge in [0, 0.05) is 0 Å². The van der Waals surface area contributed by atoms with Gasteiger partial charge in [0.05, 0.1) is 0 Å². The average Bonchev–Trinajstić information content (AvgIpc) is 3.66. The number of allylic oxidation sites excluding steroid dienone is 4. The second kappa shape index (κ2) is 18.5. The van der Waals surface area contributed by atoms with Gasteiger partial charge in [-0.15, -0.1) is 5.56 Å². The average molecular weight is 853 g/mol. The molecule has 1 atom stereocenters. The van der Waals surface area contributed by atoms with Crippen LogP contribution in [0.3, 0.4) is 0 Å². The van der Waals surface area contributed by atoms with Crippen LogP contribution in [0.4, 0.5) is 0 Å². The van der Waals surface area contributed by atoms with Crippen LogP contribution in [0.25, 0.3) is 11.1 Å². The van der Waals surface area contributed by atoms with Crippen LogP contribution >= 0.6 is 0 Å². The summed E-state index contributed by atoms with van der Waals surface area (Å²) in [7, 11) is 0. The van der Waals surface area contributed by atoms with Crippen LogP contribution in [0.2, 0.25) is 0 Å². The van der Waals surface area contributed by atoms with E-state index in [-0.39, 0.29) is 46.5 Å². The molecule has 0 radical (unpaired) electrons. The predicted molar refractivity (Wildman–Crippen MR) is 229 cm³/mol. The molecule has 0 amide bonds. The third-order valence-corrected chi connectivity index (χ3v) is 11.8. The molecule has 0 fully saturated rings. The van der Waals surface area contributed by atoms with E-state index >= 15 is 0 Å². The third kappa shape index (κ3) is 13.1. The van der Waals surface area contributed by atoms with Crippen LogP contribution in [0.5, 0.6) is 0 Å². The summed E-state index contributed by atoms with van der Waals surface area (Å²) in [6.07, 6.45) is 8.68. The Morgan fingerprint density at radius 3 is 1.33 bits per heavy atom. The topological polar surface area (TPSA) is 0 Å². The Balaban J connectivity index is 0.000000298. The van der Waals surface area contributed by atoms with Crippen molar-refractivity contribution in [2.45, 2.75) is 139 Å². The van der Waals surface area contributed by atoms with E-state index < -0.39 is 0 Å². The number of benzene rings is 4. The van der Waals surface area contributed by atoms with Crippen molar-refractivity contribution in [1.82, 2.24) is 0 Å². The second-order valence-corrected chi connectivity index (χ2v) is 21.6. The van der Waals surface area contributed by atoms with Crippen molar-refractivity contribution in [3.8, 4) is 11.1 Å². The molecule has 0 heterocycles. The second-order valence-electron chi connectivity index (χ2n) is 20.3. The van der Waals surface area contributed by atoms with Crippen molar-refractivity contribution >= 4 is 3.21 Å². The SMILES string of the molecule is CC(C)(C)c1c[c-]c2c(c1)-c1cc(C(C)(C)C)ccc1C2.CC(C)(C)c1ccc([C](=[Zr+2])c2ccc(C(C)(C)C)cc2)cc1.CC1[C-]=CC(C(C)(C)C)=C1.[Cl-].[Cl-]. The molecule has 0 nitrogen and oxygen atoms in total. The summed E-state index contributed by atoms with van der Waals surface area (Å²) in [5.74, 6) is 0.522. The van der Waals surface area contributed by atoms with Crippen LogP contribution in [-0.2, 0) is 52.3 Å². The maximum absolute atomic E-state index is 3.53. The smallest absolute Gasteiger partial charge is 0.0716 e. The molecule has 2 aliphatic rings. The Morgan fingerprint density at radius 1 is 0.545 bits per heavy atom. The molecule has 4 aromatic rings. The van der Waals surface area contributed by atoms with Crippen LogP contribution in [0, 0.1) is 23.5 Å². The third-order valence-electron chi connectivity index (χ3n) is 10.4. The van der Waals surface area contributed by atoms with Crippen LogP contribution in [-0.4, -0.2) is 3.21 Å². The van der Waals surface area contributed by atoms with Gasteiger partial charge in [0.1, 0.15) is 0 Å². The zero-order valence-electron chi connectivity index (χ0n) is 36.7. The van der Waals surface area contributed by atoms with Gasteiger partial charge in [-0.2, -0.15) is 41.0 Å². The molecule has 4 aromatic carbocycles. The molecule has 0 aliphatic heterocycles. The first kappa shape index (κ1) is 48.8. The predicted octanol–water partition coefficient (Wildman–Crippen LogP) is 8.03. The molecule has 0 saturated carbocycles. The number of fused-ring (bicyclic) bond motifs is 3. The molecule has 0 N–H and O–H groups in total. The first-order valence-electron chi connectivity index (χ1n) is 19.6. The molecular weight excluding hydrogens is 787 g/mol. The number of hydrogen-bond donors (Lipinski definition) is 0. The summed E-state index contributed by atoms with van der Waals surface area (Å²) in [5.41, 5.74) is 16.4. The molecule has 294 valence electrons. The zero-order chi connectivity index (χ0) is 39.7. The first-order chi connectivity index (χ1) is 24.2. The van der Waals surface area contributed by atoms with Gasteiger partial charge in [0.2, 0.25) is 0 Å². The van der Waals surface area contributed by atoms with Gasteiger partial charge >= 0.3 is 151 Å². The number of hydrogen-bond acceptors (Lipinski definition) is 0. The Labute approximate surface area is 364 Å². The van der Waals surface area contributed by atoms with E-state index in [9.17, 15) is 0 Å². The van der Waals surface area contributed by atoms with Crippen molar-refractivity contribution in [2.75, 3.05) is 0 Å². The fraction of sp³-hybridized carbons (Fsp3) is 0.442. The minimum atomic E-state index is 0. The maximum atomic E-state index is 3.53. The maximum Gasteiger partial charge on any atom is -0.0716 e. The van der Waals surface area contributed by atoms with Crippen molar-refractivity contribution in [3.05, 3.63) is 153 Å². The summed E-state index contributed by atoms with van der Waals surface area (Å²) in [6, 6.07) is 33.2. The largest absolute Gasteiger partial charge is 1.00 e. The van der Waals surface area contributed by atoms with Crippen molar-refractivity contribution in [3.63, 3.8) is 0 Å². The minimum Gasteiger partial charge on any atom is -1.00 e. The molecule has 6 rings (SSSR count). The molecule has 0 saturated heterocycles. The molecule has 0 aromatic heterocycles. The minimum absolute atomic E-state index is 0. The van der Waals surface area contributed by atoms with Gasteiger partial charge < -0.3 is 24.8 Å². The Bertz CT molecular complexity index is 1830. The molecule has 0 bridgehead atoms. The van der Waals surface area contributed by atoms with Gasteiger partial charge in [-0.3, -0.25) is 6.08 Å². The van der Waals surface area contributed by atoms with Gasteiger partial charge in [-0.1, -0.05) is 115 Å². The normalized spacial score (nSPS) is 14.9. The molecule has 55 heavy (non-hydrogen) atoms. The van der Waals surface area contributed by atoms with E-state index in [1.54, 1.807) is 0 Å². The van der Waals surface area contributed by atoms with E-state index in [4.69, 9.17) is 0 Å². The van der Waals surface area contributed by atoms with Gasteiger partial charge in [-0.25, -0.2) is 6.08 Å². The van der Waals surface area contributed by atoms with Crippen molar-refractivity contribution in [2.24, 2.45) is 11.3 Å². The van der Waals surface area contributed by atoms with E-state index in [0.717, 1.165) is 6.42 Å². The van der Waals surface area contributed by atoms with Gasteiger partial charge in [-0.05, 0) is 17.4 Å². The first-order valence-corrected chi connectivity index (χ1v) is 20.8. The zero-order valence-corrected chi connectivity index (χ0v) is 40.7. The van der Waals surface area contributed by atoms with E-state index in [1.807, 2.05) is 0 Å². The molecular formula is C52H66Cl2Zr-2. The summed E-state index contributed by atoms with van der Waals surface area (Å²) in [6.45, 7) is 36.1.